The topological polar surface area (TPSA) is 63.2 Å². The van der Waals surface area contributed by atoms with Crippen LogP contribution in [0.25, 0.3) is 0 Å². The van der Waals surface area contributed by atoms with Crippen molar-refractivity contribution < 1.29 is 22.7 Å². The van der Waals surface area contributed by atoms with E-state index in [1.807, 2.05) is 32.0 Å². The van der Waals surface area contributed by atoms with Gasteiger partial charge in [-0.2, -0.15) is 0 Å². The Balaban J connectivity index is 1.57. The van der Waals surface area contributed by atoms with Crippen LogP contribution >= 0.6 is 11.3 Å². The van der Waals surface area contributed by atoms with Gasteiger partial charge in [0.25, 0.3) is 0 Å². The Bertz CT molecular complexity index is 1000. The number of carbonyl (C=O) groups is 1. The predicted octanol–water partition coefficient (Wildman–Crippen LogP) is 5.58. The van der Waals surface area contributed by atoms with Gasteiger partial charge in [-0.1, -0.05) is 17.7 Å². The number of aromatic nitrogens is 1. The van der Waals surface area contributed by atoms with Crippen LogP contribution in [0.2, 0.25) is 0 Å². The quantitative estimate of drug-likeness (QED) is 0.545. The molecule has 0 saturated heterocycles. The van der Waals surface area contributed by atoms with Crippen molar-refractivity contribution in [1.29, 1.82) is 0 Å². The van der Waals surface area contributed by atoms with E-state index in [0.29, 0.717) is 16.5 Å². The Morgan fingerprint density at radius 2 is 1.86 bits per heavy atom. The summed E-state index contributed by atoms with van der Waals surface area (Å²) in [5.74, 6) is -0.478. The summed E-state index contributed by atoms with van der Waals surface area (Å²) in [7, 11) is 0. The average Bonchev–Trinajstić information content (AvgIpc) is 3.04. The van der Waals surface area contributed by atoms with Gasteiger partial charge in [-0.25, -0.2) is 4.98 Å². The summed E-state index contributed by atoms with van der Waals surface area (Å²) in [5, 5.41) is 8.15. The number of thiazole rings is 1. The molecular weight excluding hydrogens is 403 g/mol. The van der Waals surface area contributed by atoms with Gasteiger partial charge in [0.1, 0.15) is 5.75 Å². The fourth-order valence-electron chi connectivity index (χ4n) is 2.62. The smallest absolute Gasteiger partial charge is 0.406 e. The molecule has 1 aromatic heterocycles. The molecule has 0 fully saturated rings. The number of hydrogen-bond donors (Lipinski definition) is 2. The first-order valence-electron chi connectivity index (χ1n) is 8.62. The first-order valence-corrected chi connectivity index (χ1v) is 9.50. The van der Waals surface area contributed by atoms with Crippen molar-refractivity contribution in [1.82, 2.24) is 4.98 Å². The molecule has 0 radical (unpaired) electrons. The summed E-state index contributed by atoms with van der Waals surface area (Å²) in [5.41, 5.74) is 4.01. The van der Waals surface area contributed by atoms with Crippen LogP contribution in [-0.4, -0.2) is 17.3 Å². The van der Waals surface area contributed by atoms with Crippen LogP contribution in [0.4, 0.5) is 29.7 Å². The number of halogens is 3. The fraction of sp³-hybridized carbons (Fsp3) is 0.200. The molecule has 29 heavy (non-hydrogen) atoms. The van der Waals surface area contributed by atoms with Gasteiger partial charge < -0.3 is 15.4 Å². The van der Waals surface area contributed by atoms with Crippen molar-refractivity contribution >= 4 is 33.8 Å². The maximum Gasteiger partial charge on any atom is 0.573 e. The second-order valence-corrected chi connectivity index (χ2v) is 7.24. The van der Waals surface area contributed by atoms with Crippen molar-refractivity contribution in [3.05, 3.63) is 64.7 Å². The van der Waals surface area contributed by atoms with Gasteiger partial charge in [0, 0.05) is 16.8 Å². The monoisotopic (exact) mass is 421 g/mol. The third kappa shape index (κ3) is 6.21. The van der Waals surface area contributed by atoms with Gasteiger partial charge in [-0.15, -0.1) is 24.5 Å². The predicted molar refractivity (Wildman–Crippen MR) is 107 cm³/mol. The zero-order chi connectivity index (χ0) is 21.0. The summed E-state index contributed by atoms with van der Waals surface area (Å²) in [6.45, 7) is 3.91. The number of amides is 1. The fourth-order valence-corrected chi connectivity index (χ4v) is 3.35. The van der Waals surface area contributed by atoms with E-state index in [0.717, 1.165) is 16.8 Å². The van der Waals surface area contributed by atoms with Crippen LogP contribution in [0.5, 0.6) is 5.75 Å². The Morgan fingerprint density at radius 3 is 2.52 bits per heavy atom. The van der Waals surface area contributed by atoms with Crippen LogP contribution in [0.3, 0.4) is 0 Å². The highest BCUT2D eigenvalue weighted by atomic mass is 32.1. The lowest BCUT2D eigenvalue weighted by Gasteiger charge is -2.09. The highest BCUT2D eigenvalue weighted by molar-refractivity contribution is 7.13. The van der Waals surface area contributed by atoms with E-state index in [4.69, 9.17) is 0 Å². The van der Waals surface area contributed by atoms with Gasteiger partial charge in [0.2, 0.25) is 5.91 Å². The van der Waals surface area contributed by atoms with E-state index in [1.165, 1.54) is 35.6 Å². The first kappa shape index (κ1) is 20.7. The van der Waals surface area contributed by atoms with Crippen molar-refractivity contribution in [2.24, 2.45) is 0 Å². The number of ether oxygens (including phenoxy) is 1. The Morgan fingerprint density at radius 1 is 1.14 bits per heavy atom. The van der Waals surface area contributed by atoms with E-state index in [9.17, 15) is 18.0 Å². The van der Waals surface area contributed by atoms with E-state index >= 15 is 0 Å². The Labute approximate surface area is 169 Å². The van der Waals surface area contributed by atoms with Crippen LogP contribution in [0.1, 0.15) is 16.8 Å². The second kappa shape index (κ2) is 8.52. The lowest BCUT2D eigenvalue weighted by Crippen LogP contribution is -2.16. The highest BCUT2D eigenvalue weighted by Gasteiger charge is 2.30. The molecule has 3 aromatic rings. The number of anilines is 3. The molecule has 2 N–H and O–H groups in total. The van der Waals surface area contributed by atoms with Gasteiger partial charge in [0.15, 0.2) is 5.13 Å². The molecule has 0 bridgehead atoms. The normalized spacial score (nSPS) is 11.2. The van der Waals surface area contributed by atoms with Gasteiger partial charge in [-0.05, 0) is 49.7 Å². The zero-order valence-corrected chi connectivity index (χ0v) is 16.4. The molecule has 0 aliphatic carbocycles. The molecule has 2 aromatic carbocycles. The lowest BCUT2D eigenvalue weighted by atomic mass is 10.1. The van der Waals surface area contributed by atoms with E-state index in [-0.39, 0.29) is 18.1 Å². The highest BCUT2D eigenvalue weighted by Crippen LogP contribution is 2.26. The van der Waals surface area contributed by atoms with Crippen molar-refractivity contribution in [3.8, 4) is 5.75 Å². The van der Waals surface area contributed by atoms with Crippen molar-refractivity contribution in [2.45, 2.75) is 26.6 Å². The number of rotatable bonds is 6. The summed E-state index contributed by atoms with van der Waals surface area (Å²) in [6, 6.07) is 11.1. The zero-order valence-electron chi connectivity index (χ0n) is 15.6. The summed E-state index contributed by atoms with van der Waals surface area (Å²) in [4.78, 5) is 16.6. The van der Waals surface area contributed by atoms with Gasteiger partial charge in [-0.3, -0.25) is 4.79 Å². The van der Waals surface area contributed by atoms with Crippen molar-refractivity contribution in [3.63, 3.8) is 0 Å². The summed E-state index contributed by atoms with van der Waals surface area (Å²) < 4.78 is 40.4. The lowest BCUT2D eigenvalue weighted by molar-refractivity contribution is -0.274. The number of hydrogen-bond acceptors (Lipinski definition) is 5. The van der Waals surface area contributed by atoms with Gasteiger partial charge in [0.05, 0.1) is 12.1 Å². The molecule has 0 atom stereocenters. The summed E-state index contributed by atoms with van der Waals surface area (Å²) in [6.07, 6.45) is -4.61. The van der Waals surface area contributed by atoms with Crippen LogP contribution in [-0.2, 0) is 11.2 Å². The minimum Gasteiger partial charge on any atom is -0.406 e. The number of benzene rings is 2. The third-order valence-electron chi connectivity index (χ3n) is 3.89. The molecule has 0 spiro atoms. The molecule has 1 heterocycles. The molecule has 0 aliphatic heterocycles. The molecule has 0 saturated carbocycles. The number of alkyl halides is 3. The van der Waals surface area contributed by atoms with Gasteiger partial charge >= 0.3 is 6.36 Å². The summed E-state index contributed by atoms with van der Waals surface area (Å²) >= 11 is 1.30. The standard InChI is InChI=1S/C20H18F3N3O2S/c1-12-3-8-17(13(2)9-12)26-18(27)10-15-11-29-19(25-15)24-14-4-6-16(7-5-14)28-20(21,22)23/h3-9,11H,10H2,1-2H3,(H,24,25)(H,26,27). The number of carbonyl (C=O) groups excluding carboxylic acids is 1. The molecule has 9 heteroatoms. The Kier molecular flexibility index (Phi) is 6.07. The SMILES string of the molecule is Cc1ccc(NC(=O)Cc2csc(Nc3ccc(OC(F)(F)F)cc3)n2)c(C)c1. The van der Waals surface area contributed by atoms with E-state index < -0.39 is 6.36 Å². The molecule has 152 valence electrons. The largest absolute Gasteiger partial charge is 0.573 e. The maximum atomic E-state index is 12.3. The molecule has 0 aliphatic rings. The average molecular weight is 421 g/mol. The molecule has 1 amide bonds. The van der Waals surface area contributed by atoms with E-state index in [2.05, 4.69) is 20.4 Å². The van der Waals surface area contributed by atoms with E-state index in [1.54, 1.807) is 5.38 Å². The number of nitrogens with one attached hydrogen (secondary N) is 2. The first-order chi connectivity index (χ1) is 13.7. The van der Waals surface area contributed by atoms with Crippen molar-refractivity contribution in [2.75, 3.05) is 10.6 Å². The number of nitrogens with zero attached hydrogens (tertiary/aromatic N) is 1. The van der Waals surface area contributed by atoms with Crippen LogP contribution in [0, 0.1) is 13.8 Å². The maximum absolute atomic E-state index is 12.3. The Hall–Kier alpha value is -3.07. The van der Waals surface area contributed by atoms with Crippen LogP contribution in [0.15, 0.2) is 47.8 Å². The second-order valence-electron chi connectivity index (χ2n) is 6.38. The molecular formula is C20H18F3N3O2S. The molecule has 5 nitrogen and oxygen atoms in total. The third-order valence-corrected chi connectivity index (χ3v) is 4.70. The number of aryl methyl sites for hydroxylation is 2. The minimum atomic E-state index is -4.73. The van der Waals surface area contributed by atoms with Crippen LogP contribution < -0.4 is 15.4 Å². The minimum absolute atomic E-state index is 0.115. The molecule has 3 rings (SSSR count). The molecule has 0 unspecified atom stereocenters.